The molecule has 3 unspecified atom stereocenters. The Morgan fingerprint density at radius 3 is 3.00 bits per heavy atom. The lowest BCUT2D eigenvalue weighted by Gasteiger charge is -2.29. The highest BCUT2D eigenvalue weighted by Crippen LogP contribution is 2.21. The van der Waals surface area contributed by atoms with Crippen LogP contribution in [0.15, 0.2) is 0 Å². The second-order valence-electron chi connectivity index (χ2n) is 4.57. The fourth-order valence-electron chi connectivity index (χ4n) is 2.57. The monoisotopic (exact) mass is 230 g/mol. The van der Waals surface area contributed by atoms with Crippen LogP contribution in [0.2, 0.25) is 0 Å². The highest BCUT2D eigenvalue weighted by Gasteiger charge is 2.31. The van der Waals surface area contributed by atoms with Crippen LogP contribution >= 0.6 is 11.8 Å². The quantitative estimate of drug-likeness (QED) is 0.772. The maximum atomic E-state index is 5.68. The van der Waals surface area contributed by atoms with Gasteiger partial charge in [0.15, 0.2) is 0 Å². The molecule has 3 nitrogen and oxygen atoms in total. The molecule has 0 radical (unpaired) electrons. The lowest BCUT2D eigenvalue weighted by atomic mass is 10.2. The molecule has 4 heteroatoms. The molecule has 1 N–H and O–H groups in total. The van der Waals surface area contributed by atoms with Gasteiger partial charge in [-0.3, -0.25) is 4.90 Å². The van der Waals surface area contributed by atoms with Crippen molar-refractivity contribution in [3.8, 4) is 0 Å². The number of nitrogens with zero attached hydrogens (tertiary/aromatic N) is 1. The third-order valence-corrected chi connectivity index (χ3v) is 4.60. The Morgan fingerprint density at radius 2 is 2.33 bits per heavy atom. The van der Waals surface area contributed by atoms with E-state index in [1.54, 1.807) is 0 Å². The summed E-state index contributed by atoms with van der Waals surface area (Å²) < 4.78 is 5.68. The average Bonchev–Trinajstić information content (AvgIpc) is 2.86. The summed E-state index contributed by atoms with van der Waals surface area (Å²) in [6, 6.07) is 0.684. The molecule has 0 aliphatic carbocycles. The average molecular weight is 230 g/mol. The predicted molar refractivity (Wildman–Crippen MR) is 65.6 cm³/mol. The van der Waals surface area contributed by atoms with Crippen molar-refractivity contribution in [2.24, 2.45) is 0 Å². The number of likely N-dealkylation sites (N-methyl/N-ethyl adjacent to an activating group) is 1. The van der Waals surface area contributed by atoms with Crippen LogP contribution in [0, 0.1) is 0 Å². The Balaban J connectivity index is 1.80. The van der Waals surface area contributed by atoms with Crippen molar-refractivity contribution in [1.29, 1.82) is 0 Å². The lowest BCUT2D eigenvalue weighted by Crippen LogP contribution is -2.43. The molecule has 0 amide bonds. The van der Waals surface area contributed by atoms with Gasteiger partial charge in [0.2, 0.25) is 0 Å². The molecule has 88 valence electrons. The van der Waals surface area contributed by atoms with Gasteiger partial charge >= 0.3 is 0 Å². The molecule has 0 spiro atoms. The minimum absolute atomic E-state index is 0.484. The van der Waals surface area contributed by atoms with E-state index in [2.05, 4.69) is 23.5 Å². The zero-order chi connectivity index (χ0) is 10.7. The third kappa shape index (κ3) is 2.87. The Kier molecular flexibility index (Phi) is 4.31. The smallest absolute Gasteiger partial charge is 0.0702 e. The lowest BCUT2D eigenvalue weighted by molar-refractivity contribution is 0.0712. The van der Waals surface area contributed by atoms with E-state index < -0.39 is 0 Å². The van der Waals surface area contributed by atoms with E-state index in [4.69, 9.17) is 4.74 Å². The van der Waals surface area contributed by atoms with Crippen LogP contribution < -0.4 is 5.32 Å². The summed E-state index contributed by atoms with van der Waals surface area (Å²) in [6.07, 6.45) is 5.19. The van der Waals surface area contributed by atoms with E-state index in [-0.39, 0.29) is 0 Å². The summed E-state index contributed by atoms with van der Waals surface area (Å²) in [7, 11) is 2.24. The van der Waals surface area contributed by atoms with Crippen LogP contribution in [-0.4, -0.2) is 61.8 Å². The van der Waals surface area contributed by atoms with Gasteiger partial charge in [0, 0.05) is 37.5 Å². The number of thioether (sulfide) groups is 1. The number of nitrogens with one attached hydrogen (secondary N) is 1. The second kappa shape index (κ2) is 5.53. The molecular weight excluding hydrogens is 208 g/mol. The summed E-state index contributed by atoms with van der Waals surface area (Å²) >= 11 is 1.98. The third-order valence-electron chi connectivity index (χ3n) is 3.51. The standard InChI is InChI=1S/C11H22N2OS/c1-13(8-9-4-3-5-14-9)10-6-12-7-11(10)15-2/h9-12H,3-8H2,1-2H3. The minimum Gasteiger partial charge on any atom is -0.377 e. The summed E-state index contributed by atoms with van der Waals surface area (Å²) in [5.74, 6) is 0. The molecule has 0 aromatic rings. The topological polar surface area (TPSA) is 24.5 Å². The first-order valence-corrected chi connectivity index (χ1v) is 7.15. The number of hydrogen-bond donors (Lipinski definition) is 1. The van der Waals surface area contributed by atoms with Gasteiger partial charge in [0.25, 0.3) is 0 Å². The molecule has 0 aromatic heterocycles. The van der Waals surface area contributed by atoms with E-state index in [0.717, 1.165) is 31.5 Å². The number of ether oxygens (including phenoxy) is 1. The molecule has 0 bridgehead atoms. The molecule has 2 rings (SSSR count). The van der Waals surface area contributed by atoms with Crippen molar-refractivity contribution in [2.75, 3.05) is 39.5 Å². The van der Waals surface area contributed by atoms with Gasteiger partial charge in [-0.1, -0.05) is 0 Å². The fraction of sp³-hybridized carbons (Fsp3) is 1.00. The summed E-state index contributed by atoms with van der Waals surface area (Å²) in [5, 5.41) is 4.22. The molecule has 2 heterocycles. The molecule has 2 aliphatic heterocycles. The maximum Gasteiger partial charge on any atom is 0.0702 e. The van der Waals surface area contributed by atoms with Gasteiger partial charge in [-0.15, -0.1) is 0 Å². The molecule has 2 saturated heterocycles. The minimum atomic E-state index is 0.484. The molecule has 2 aliphatic rings. The highest BCUT2D eigenvalue weighted by molar-refractivity contribution is 7.99. The zero-order valence-corrected chi connectivity index (χ0v) is 10.6. The second-order valence-corrected chi connectivity index (χ2v) is 5.65. The van der Waals surface area contributed by atoms with Crippen molar-refractivity contribution in [1.82, 2.24) is 10.2 Å². The van der Waals surface area contributed by atoms with E-state index in [1.165, 1.54) is 12.8 Å². The van der Waals surface area contributed by atoms with E-state index in [0.29, 0.717) is 12.1 Å². The predicted octanol–water partition coefficient (Wildman–Crippen LogP) is 0.801. The van der Waals surface area contributed by atoms with Crippen molar-refractivity contribution in [3.05, 3.63) is 0 Å². The van der Waals surface area contributed by atoms with E-state index in [1.807, 2.05) is 11.8 Å². The van der Waals surface area contributed by atoms with Gasteiger partial charge in [-0.05, 0) is 26.1 Å². The van der Waals surface area contributed by atoms with Crippen LogP contribution in [-0.2, 0) is 4.74 Å². The SMILES string of the molecule is CSC1CNCC1N(C)CC1CCCO1. The van der Waals surface area contributed by atoms with Gasteiger partial charge in [-0.25, -0.2) is 0 Å². The first-order valence-electron chi connectivity index (χ1n) is 5.86. The van der Waals surface area contributed by atoms with Gasteiger partial charge < -0.3 is 10.1 Å². The normalized spacial score (nSPS) is 36.6. The Labute approximate surface area is 96.9 Å². The Morgan fingerprint density at radius 1 is 1.47 bits per heavy atom. The van der Waals surface area contributed by atoms with Crippen molar-refractivity contribution >= 4 is 11.8 Å². The number of rotatable bonds is 4. The molecule has 0 aromatic carbocycles. The van der Waals surface area contributed by atoms with Crippen LogP contribution in [0.5, 0.6) is 0 Å². The van der Waals surface area contributed by atoms with E-state index in [9.17, 15) is 0 Å². The fourth-order valence-corrected chi connectivity index (χ4v) is 3.47. The van der Waals surface area contributed by atoms with E-state index >= 15 is 0 Å². The highest BCUT2D eigenvalue weighted by atomic mass is 32.2. The zero-order valence-electron chi connectivity index (χ0n) is 9.74. The van der Waals surface area contributed by atoms with Crippen LogP contribution in [0.4, 0.5) is 0 Å². The Hall–Kier alpha value is 0.230. The Bertz CT molecular complexity index is 197. The molecular formula is C11H22N2OS. The van der Waals surface area contributed by atoms with Crippen LogP contribution in [0.25, 0.3) is 0 Å². The van der Waals surface area contributed by atoms with Gasteiger partial charge in [-0.2, -0.15) is 11.8 Å². The van der Waals surface area contributed by atoms with Crippen molar-refractivity contribution in [2.45, 2.75) is 30.2 Å². The summed E-state index contributed by atoms with van der Waals surface area (Å²) in [4.78, 5) is 2.48. The largest absolute Gasteiger partial charge is 0.377 e. The molecule has 0 saturated carbocycles. The van der Waals surface area contributed by atoms with Crippen molar-refractivity contribution < 1.29 is 4.74 Å². The first kappa shape index (κ1) is 11.7. The van der Waals surface area contributed by atoms with Crippen LogP contribution in [0.3, 0.4) is 0 Å². The molecule has 2 fully saturated rings. The van der Waals surface area contributed by atoms with Gasteiger partial charge in [0.05, 0.1) is 6.10 Å². The van der Waals surface area contributed by atoms with Gasteiger partial charge in [0.1, 0.15) is 0 Å². The molecule has 3 atom stereocenters. The van der Waals surface area contributed by atoms with Crippen LogP contribution in [0.1, 0.15) is 12.8 Å². The number of hydrogen-bond acceptors (Lipinski definition) is 4. The van der Waals surface area contributed by atoms with Crippen molar-refractivity contribution in [3.63, 3.8) is 0 Å². The summed E-state index contributed by atoms with van der Waals surface area (Å²) in [5.41, 5.74) is 0. The molecule has 15 heavy (non-hydrogen) atoms. The summed E-state index contributed by atoms with van der Waals surface area (Å²) in [6.45, 7) is 4.35. The maximum absolute atomic E-state index is 5.68. The first-order chi connectivity index (χ1) is 7.31.